The van der Waals surface area contributed by atoms with E-state index in [0.29, 0.717) is 11.8 Å². The van der Waals surface area contributed by atoms with Gasteiger partial charge in [0.15, 0.2) is 6.29 Å². The van der Waals surface area contributed by atoms with Gasteiger partial charge in [0.2, 0.25) is 0 Å². The monoisotopic (exact) mass is 299 g/mol. The Hall–Kier alpha value is -2.40. The standard InChI is InChI=1S/C16H13NO3S/c1-12-6-8-15(9-7-12)21(19,20)17-14(11-18)10-13-4-2-3-5-16(13)17/h2-11H,1H3. The lowest BCUT2D eigenvalue weighted by Gasteiger charge is -2.09. The van der Waals surface area contributed by atoms with E-state index in [2.05, 4.69) is 0 Å². The SMILES string of the molecule is Cc1ccc(S(=O)(=O)n2c(C=O)cc3ccccc32)cc1. The normalized spacial score (nSPS) is 11.7. The van der Waals surface area contributed by atoms with Crippen LogP contribution in [-0.4, -0.2) is 18.7 Å². The molecule has 0 N–H and O–H groups in total. The summed E-state index contributed by atoms with van der Waals surface area (Å²) >= 11 is 0. The number of para-hydroxylation sites is 1. The predicted molar refractivity (Wildman–Crippen MR) is 81.1 cm³/mol. The Morgan fingerprint density at radius 3 is 2.33 bits per heavy atom. The van der Waals surface area contributed by atoms with Gasteiger partial charge < -0.3 is 0 Å². The Morgan fingerprint density at radius 1 is 1.00 bits per heavy atom. The van der Waals surface area contributed by atoms with Crippen molar-refractivity contribution in [2.24, 2.45) is 0 Å². The molecule has 21 heavy (non-hydrogen) atoms. The summed E-state index contributed by atoms with van der Waals surface area (Å²) in [6.07, 6.45) is 0.561. The van der Waals surface area contributed by atoms with E-state index in [1.807, 2.05) is 6.92 Å². The van der Waals surface area contributed by atoms with Crippen LogP contribution in [0.25, 0.3) is 10.9 Å². The lowest BCUT2D eigenvalue weighted by molar-refractivity contribution is 0.111. The third kappa shape index (κ3) is 2.15. The van der Waals surface area contributed by atoms with Gasteiger partial charge in [-0.05, 0) is 31.2 Å². The smallest absolute Gasteiger partial charge is 0.268 e. The number of carbonyl (C=O) groups excluding carboxylic acids is 1. The minimum atomic E-state index is -3.80. The summed E-state index contributed by atoms with van der Waals surface area (Å²) in [5, 5.41) is 0.718. The Morgan fingerprint density at radius 2 is 1.67 bits per heavy atom. The number of hydrogen-bond acceptors (Lipinski definition) is 3. The second kappa shape index (κ2) is 4.86. The predicted octanol–water partition coefficient (Wildman–Crippen LogP) is 3.00. The number of rotatable bonds is 3. The summed E-state index contributed by atoms with van der Waals surface area (Å²) in [5.74, 6) is 0. The van der Waals surface area contributed by atoms with E-state index in [-0.39, 0.29) is 10.6 Å². The number of aldehydes is 1. The van der Waals surface area contributed by atoms with Crippen molar-refractivity contribution in [2.75, 3.05) is 0 Å². The summed E-state index contributed by atoms with van der Waals surface area (Å²) < 4.78 is 26.7. The minimum Gasteiger partial charge on any atom is -0.296 e. The van der Waals surface area contributed by atoms with Gasteiger partial charge >= 0.3 is 0 Å². The van der Waals surface area contributed by atoms with Crippen molar-refractivity contribution in [3.8, 4) is 0 Å². The fourth-order valence-corrected chi connectivity index (χ4v) is 3.81. The highest BCUT2D eigenvalue weighted by atomic mass is 32.2. The molecule has 0 saturated heterocycles. The molecule has 0 aliphatic rings. The number of nitrogens with zero attached hydrogens (tertiary/aromatic N) is 1. The van der Waals surface area contributed by atoms with Crippen molar-refractivity contribution in [3.63, 3.8) is 0 Å². The molecule has 0 bridgehead atoms. The minimum absolute atomic E-state index is 0.122. The van der Waals surface area contributed by atoms with Crippen LogP contribution in [0.1, 0.15) is 16.1 Å². The molecule has 0 amide bonds. The fourth-order valence-electron chi connectivity index (χ4n) is 2.32. The Balaban J connectivity index is 2.32. The van der Waals surface area contributed by atoms with Gasteiger partial charge in [-0.3, -0.25) is 4.79 Å². The number of fused-ring (bicyclic) bond motifs is 1. The summed E-state index contributed by atoms with van der Waals surface area (Å²) in [7, 11) is -3.80. The molecule has 0 aliphatic carbocycles. The van der Waals surface area contributed by atoms with Crippen molar-refractivity contribution >= 4 is 27.2 Å². The molecule has 0 aliphatic heterocycles. The van der Waals surface area contributed by atoms with Crippen molar-refractivity contribution < 1.29 is 13.2 Å². The van der Waals surface area contributed by atoms with Gasteiger partial charge in [-0.1, -0.05) is 35.9 Å². The Bertz CT molecular complexity index is 922. The molecule has 106 valence electrons. The molecule has 3 aromatic rings. The average Bonchev–Trinajstić information content (AvgIpc) is 2.87. The molecule has 2 aromatic carbocycles. The van der Waals surface area contributed by atoms with Gasteiger partial charge in [0.1, 0.15) is 0 Å². The summed E-state index contributed by atoms with van der Waals surface area (Å²) in [6.45, 7) is 1.89. The van der Waals surface area contributed by atoms with Crippen LogP contribution in [0.4, 0.5) is 0 Å². The average molecular weight is 299 g/mol. The van der Waals surface area contributed by atoms with E-state index < -0.39 is 10.0 Å². The van der Waals surface area contributed by atoms with E-state index >= 15 is 0 Å². The lowest BCUT2D eigenvalue weighted by atomic mass is 10.2. The van der Waals surface area contributed by atoms with Crippen molar-refractivity contribution in [1.29, 1.82) is 0 Å². The van der Waals surface area contributed by atoms with Gasteiger partial charge in [0.05, 0.1) is 16.1 Å². The summed E-state index contributed by atoms with van der Waals surface area (Å²) in [4.78, 5) is 11.4. The second-order valence-corrected chi connectivity index (χ2v) is 6.62. The van der Waals surface area contributed by atoms with Crippen LogP contribution in [0.3, 0.4) is 0 Å². The topological polar surface area (TPSA) is 56.1 Å². The summed E-state index contributed by atoms with van der Waals surface area (Å²) in [6, 6.07) is 15.2. The summed E-state index contributed by atoms with van der Waals surface area (Å²) in [5.41, 5.74) is 1.60. The first-order valence-electron chi connectivity index (χ1n) is 6.42. The zero-order chi connectivity index (χ0) is 15.0. The molecule has 1 heterocycles. The second-order valence-electron chi connectivity index (χ2n) is 4.83. The van der Waals surface area contributed by atoms with E-state index in [9.17, 15) is 13.2 Å². The number of aromatic nitrogens is 1. The first kappa shape index (κ1) is 13.6. The van der Waals surface area contributed by atoms with Crippen LogP contribution in [0.5, 0.6) is 0 Å². The fraction of sp³-hybridized carbons (Fsp3) is 0.0625. The van der Waals surface area contributed by atoms with E-state index in [4.69, 9.17) is 0 Å². The first-order valence-corrected chi connectivity index (χ1v) is 7.86. The molecular formula is C16H13NO3S. The highest BCUT2D eigenvalue weighted by molar-refractivity contribution is 7.90. The lowest BCUT2D eigenvalue weighted by Crippen LogP contribution is -2.15. The van der Waals surface area contributed by atoms with Crippen molar-refractivity contribution in [3.05, 3.63) is 65.9 Å². The molecule has 3 rings (SSSR count). The van der Waals surface area contributed by atoms with Gasteiger partial charge in [0.25, 0.3) is 10.0 Å². The molecule has 1 aromatic heterocycles. The third-order valence-electron chi connectivity index (χ3n) is 3.37. The van der Waals surface area contributed by atoms with Gasteiger partial charge in [-0.2, -0.15) is 0 Å². The quantitative estimate of drug-likeness (QED) is 0.699. The number of carbonyl (C=O) groups is 1. The third-order valence-corrected chi connectivity index (χ3v) is 5.13. The van der Waals surface area contributed by atoms with E-state index in [1.165, 1.54) is 0 Å². The van der Waals surface area contributed by atoms with Crippen LogP contribution in [-0.2, 0) is 10.0 Å². The van der Waals surface area contributed by atoms with Crippen LogP contribution < -0.4 is 0 Å². The van der Waals surface area contributed by atoms with Crippen molar-refractivity contribution in [1.82, 2.24) is 3.97 Å². The van der Waals surface area contributed by atoms with E-state index in [1.54, 1.807) is 54.6 Å². The molecule has 0 radical (unpaired) electrons. The Kier molecular flexibility index (Phi) is 3.14. The maximum Gasteiger partial charge on any atom is 0.268 e. The van der Waals surface area contributed by atoms with Crippen LogP contribution in [0.2, 0.25) is 0 Å². The number of hydrogen-bond donors (Lipinski definition) is 0. The zero-order valence-corrected chi connectivity index (χ0v) is 12.2. The highest BCUT2D eigenvalue weighted by Gasteiger charge is 2.22. The molecule has 4 nitrogen and oxygen atoms in total. The number of aryl methyl sites for hydroxylation is 1. The van der Waals surface area contributed by atoms with Crippen molar-refractivity contribution in [2.45, 2.75) is 11.8 Å². The van der Waals surface area contributed by atoms with E-state index in [0.717, 1.165) is 14.9 Å². The molecular weight excluding hydrogens is 286 g/mol. The van der Waals surface area contributed by atoms with Crippen LogP contribution in [0, 0.1) is 6.92 Å². The molecule has 0 unspecified atom stereocenters. The molecule has 0 spiro atoms. The van der Waals surface area contributed by atoms with Gasteiger partial charge in [-0.25, -0.2) is 12.4 Å². The maximum absolute atomic E-state index is 12.8. The molecule has 0 fully saturated rings. The first-order chi connectivity index (χ1) is 10.0. The van der Waals surface area contributed by atoms with Gasteiger partial charge in [-0.15, -0.1) is 0 Å². The Labute approximate surface area is 122 Å². The largest absolute Gasteiger partial charge is 0.296 e. The highest BCUT2D eigenvalue weighted by Crippen LogP contribution is 2.25. The van der Waals surface area contributed by atoms with Crippen LogP contribution >= 0.6 is 0 Å². The number of benzene rings is 2. The molecule has 0 atom stereocenters. The molecule has 5 heteroatoms. The zero-order valence-electron chi connectivity index (χ0n) is 11.4. The maximum atomic E-state index is 12.8. The van der Waals surface area contributed by atoms with Gasteiger partial charge in [0, 0.05) is 5.39 Å². The van der Waals surface area contributed by atoms with Crippen LogP contribution in [0.15, 0.2) is 59.5 Å². The molecule has 0 saturated carbocycles.